The van der Waals surface area contributed by atoms with Crippen LogP contribution in [0, 0.1) is 11.8 Å². The Morgan fingerprint density at radius 3 is 2.00 bits per heavy atom. The van der Waals surface area contributed by atoms with Gasteiger partial charge in [-0.25, -0.2) is 13.2 Å². The van der Waals surface area contributed by atoms with Gasteiger partial charge in [-0.2, -0.15) is 0 Å². The van der Waals surface area contributed by atoms with E-state index in [2.05, 4.69) is 5.32 Å². The van der Waals surface area contributed by atoms with Crippen LogP contribution in [0.15, 0.2) is 83.8 Å². The summed E-state index contributed by atoms with van der Waals surface area (Å²) in [6.07, 6.45) is -0.473. The van der Waals surface area contributed by atoms with Crippen LogP contribution in [0.2, 0.25) is 0 Å². The number of fused-ring (bicyclic) bond motifs is 3. The molecule has 0 aromatic heterocycles. The number of aliphatic hydroxyl groups is 1. The van der Waals surface area contributed by atoms with Gasteiger partial charge in [-0.3, -0.25) is 4.79 Å². The number of Topliss-reactive ketones (excluding diaryl/α,β-unsaturated/α-hetero) is 1. The van der Waals surface area contributed by atoms with Crippen molar-refractivity contribution in [3.05, 3.63) is 90.0 Å². The molecule has 3 aromatic rings. The predicted octanol–water partition coefficient (Wildman–Crippen LogP) is 4.59. The van der Waals surface area contributed by atoms with Crippen molar-refractivity contribution in [2.75, 3.05) is 19.0 Å². The number of amides is 1. The van der Waals surface area contributed by atoms with Crippen molar-refractivity contribution in [1.82, 2.24) is 5.32 Å². The maximum absolute atomic E-state index is 13.3. The van der Waals surface area contributed by atoms with E-state index in [0.29, 0.717) is 0 Å². The number of carbonyl (C=O) groups excluding carboxylic acids is 2. The fourth-order valence-electron chi connectivity index (χ4n) is 5.00. The van der Waals surface area contributed by atoms with Crippen LogP contribution in [0.3, 0.4) is 0 Å². The first-order chi connectivity index (χ1) is 18.2. The summed E-state index contributed by atoms with van der Waals surface area (Å²) in [5.41, 5.74) is 4.36. The average molecular weight is 536 g/mol. The number of hydrogen-bond donors (Lipinski definition) is 2. The highest BCUT2D eigenvalue weighted by molar-refractivity contribution is 7.91. The summed E-state index contributed by atoms with van der Waals surface area (Å²) < 4.78 is 31.3. The lowest BCUT2D eigenvalue weighted by molar-refractivity contribution is -0.125. The fourth-order valence-corrected chi connectivity index (χ4v) is 6.56. The van der Waals surface area contributed by atoms with Crippen molar-refractivity contribution in [3.63, 3.8) is 0 Å². The van der Waals surface area contributed by atoms with Gasteiger partial charge in [-0.1, -0.05) is 80.6 Å². The number of sulfone groups is 1. The van der Waals surface area contributed by atoms with Crippen LogP contribution < -0.4 is 5.32 Å². The normalized spacial score (nSPS) is 14.4. The molecule has 1 amide bonds. The van der Waals surface area contributed by atoms with E-state index >= 15 is 0 Å². The van der Waals surface area contributed by atoms with Crippen molar-refractivity contribution in [3.8, 4) is 11.1 Å². The second-order valence-corrected chi connectivity index (χ2v) is 12.1. The van der Waals surface area contributed by atoms with Crippen LogP contribution in [0.5, 0.6) is 0 Å². The second kappa shape index (κ2) is 11.9. The van der Waals surface area contributed by atoms with Crippen molar-refractivity contribution < 1.29 is 27.9 Å². The van der Waals surface area contributed by atoms with Gasteiger partial charge in [0, 0.05) is 5.92 Å². The summed E-state index contributed by atoms with van der Waals surface area (Å²) in [5, 5.41) is 12.6. The van der Waals surface area contributed by atoms with Gasteiger partial charge >= 0.3 is 6.09 Å². The lowest BCUT2D eigenvalue weighted by atomic mass is 9.93. The molecule has 2 atom stereocenters. The molecule has 8 heteroatoms. The topological polar surface area (TPSA) is 110 Å². The Labute approximate surface area is 223 Å². The van der Waals surface area contributed by atoms with Gasteiger partial charge in [0.05, 0.1) is 29.2 Å². The van der Waals surface area contributed by atoms with Crippen molar-refractivity contribution in [1.29, 1.82) is 0 Å². The SMILES string of the molecule is CC(C)C[C@H](NC(=O)OCC1c2ccccc2-c2ccccc21)C(=O)C(CO)CS(=O)(=O)c1ccccc1. The molecule has 0 spiro atoms. The van der Waals surface area contributed by atoms with E-state index in [-0.39, 0.29) is 29.8 Å². The van der Waals surface area contributed by atoms with Crippen LogP contribution >= 0.6 is 0 Å². The number of benzene rings is 3. The molecule has 0 aliphatic heterocycles. The van der Waals surface area contributed by atoms with Gasteiger partial charge in [-0.05, 0) is 46.7 Å². The molecular formula is C30H33NO6S. The minimum absolute atomic E-state index is 0.0305. The van der Waals surface area contributed by atoms with Gasteiger partial charge in [0.25, 0.3) is 0 Å². The molecule has 2 N–H and O–H groups in total. The highest BCUT2D eigenvalue weighted by atomic mass is 32.2. The van der Waals surface area contributed by atoms with Gasteiger partial charge in [0.1, 0.15) is 6.61 Å². The highest BCUT2D eigenvalue weighted by Gasteiger charge is 2.34. The molecule has 1 unspecified atom stereocenters. The third-order valence-electron chi connectivity index (χ3n) is 6.83. The minimum atomic E-state index is -3.81. The molecule has 38 heavy (non-hydrogen) atoms. The maximum Gasteiger partial charge on any atom is 0.407 e. The van der Waals surface area contributed by atoms with E-state index in [1.165, 1.54) is 12.1 Å². The zero-order valence-corrected chi connectivity index (χ0v) is 22.4. The number of carbonyl (C=O) groups is 2. The lowest BCUT2D eigenvalue weighted by Gasteiger charge is -2.24. The fraction of sp³-hybridized carbons (Fsp3) is 0.333. The third-order valence-corrected chi connectivity index (χ3v) is 8.66. The molecule has 0 heterocycles. The van der Waals surface area contributed by atoms with Crippen LogP contribution in [0.1, 0.15) is 37.3 Å². The molecule has 7 nitrogen and oxygen atoms in total. The molecule has 1 aliphatic carbocycles. The first-order valence-corrected chi connectivity index (χ1v) is 14.4. The number of ether oxygens (including phenoxy) is 1. The Kier molecular flexibility index (Phi) is 8.64. The summed E-state index contributed by atoms with van der Waals surface area (Å²) >= 11 is 0. The first kappa shape index (κ1) is 27.5. The number of ketones is 1. The summed E-state index contributed by atoms with van der Waals surface area (Å²) in [4.78, 5) is 26.3. The average Bonchev–Trinajstić information content (AvgIpc) is 3.23. The third kappa shape index (κ3) is 6.14. The van der Waals surface area contributed by atoms with Crippen molar-refractivity contribution >= 4 is 21.7 Å². The van der Waals surface area contributed by atoms with E-state index < -0.39 is 46.0 Å². The molecule has 3 aromatic carbocycles. The molecular weight excluding hydrogens is 502 g/mol. The molecule has 4 rings (SSSR count). The smallest absolute Gasteiger partial charge is 0.407 e. The Morgan fingerprint density at radius 1 is 0.895 bits per heavy atom. The zero-order valence-electron chi connectivity index (χ0n) is 21.5. The molecule has 0 radical (unpaired) electrons. The molecule has 0 saturated heterocycles. The Balaban J connectivity index is 1.45. The molecule has 200 valence electrons. The number of hydrogen-bond acceptors (Lipinski definition) is 6. The Morgan fingerprint density at radius 2 is 1.45 bits per heavy atom. The Bertz CT molecular complexity index is 1340. The van der Waals surface area contributed by atoms with Gasteiger partial charge in [-0.15, -0.1) is 0 Å². The quantitative estimate of drug-likeness (QED) is 0.372. The standard InChI is InChI=1S/C30H33NO6S/c1-20(2)16-28(29(33)21(17-32)19-38(35,36)22-10-4-3-5-11-22)31-30(34)37-18-27-25-14-8-6-12-23(25)24-13-7-9-15-26(24)27/h3-15,20-21,27-28,32H,16-19H2,1-2H3,(H,31,34)/t21?,28-/m0/s1. The number of alkyl carbamates (subject to hydrolysis) is 1. The van der Waals surface area contributed by atoms with Gasteiger partial charge in [0.2, 0.25) is 0 Å². The molecule has 0 saturated carbocycles. The second-order valence-electron chi connectivity index (χ2n) is 10.0. The highest BCUT2D eigenvalue weighted by Crippen LogP contribution is 2.44. The van der Waals surface area contributed by atoms with E-state index in [4.69, 9.17) is 4.74 Å². The van der Waals surface area contributed by atoms with E-state index in [1.54, 1.807) is 18.2 Å². The summed E-state index contributed by atoms with van der Waals surface area (Å²) in [5.74, 6) is -2.36. The van der Waals surface area contributed by atoms with Crippen LogP contribution in [-0.4, -0.2) is 50.4 Å². The lowest BCUT2D eigenvalue weighted by Crippen LogP contribution is -2.47. The van der Waals surface area contributed by atoms with E-state index in [9.17, 15) is 23.1 Å². The summed E-state index contributed by atoms with van der Waals surface area (Å²) in [6, 6.07) is 22.8. The first-order valence-electron chi connectivity index (χ1n) is 12.7. The summed E-state index contributed by atoms with van der Waals surface area (Å²) in [6.45, 7) is 3.24. The van der Waals surface area contributed by atoms with Crippen LogP contribution in [-0.2, 0) is 19.4 Å². The van der Waals surface area contributed by atoms with Gasteiger partial charge in [0.15, 0.2) is 15.6 Å². The van der Waals surface area contributed by atoms with Crippen molar-refractivity contribution in [2.45, 2.75) is 37.1 Å². The van der Waals surface area contributed by atoms with Crippen LogP contribution in [0.4, 0.5) is 4.79 Å². The molecule has 0 bridgehead atoms. The Hall–Kier alpha value is -3.49. The monoisotopic (exact) mass is 535 g/mol. The predicted molar refractivity (Wildman–Crippen MR) is 146 cm³/mol. The number of rotatable bonds is 11. The molecule has 0 fully saturated rings. The minimum Gasteiger partial charge on any atom is -0.449 e. The van der Waals surface area contributed by atoms with E-state index in [0.717, 1.165) is 22.3 Å². The van der Waals surface area contributed by atoms with E-state index in [1.807, 2.05) is 62.4 Å². The largest absolute Gasteiger partial charge is 0.449 e. The number of aliphatic hydroxyl groups excluding tert-OH is 1. The van der Waals surface area contributed by atoms with Crippen molar-refractivity contribution in [2.24, 2.45) is 11.8 Å². The van der Waals surface area contributed by atoms with Crippen LogP contribution in [0.25, 0.3) is 11.1 Å². The maximum atomic E-state index is 13.3. The summed E-state index contributed by atoms with van der Waals surface area (Å²) in [7, 11) is -3.81. The molecule has 1 aliphatic rings. The zero-order chi connectivity index (χ0) is 27.3. The van der Waals surface area contributed by atoms with Gasteiger partial charge < -0.3 is 15.2 Å². The number of nitrogens with one attached hydrogen (secondary N) is 1.